The Morgan fingerprint density at radius 2 is 2.29 bits per heavy atom. The zero-order valence-electron chi connectivity index (χ0n) is 7.56. The van der Waals surface area contributed by atoms with Gasteiger partial charge in [0.2, 0.25) is 0 Å². The van der Waals surface area contributed by atoms with Crippen molar-refractivity contribution in [2.24, 2.45) is 5.73 Å². The summed E-state index contributed by atoms with van der Waals surface area (Å²) in [5, 5.41) is 10.4. The molecule has 0 bridgehead atoms. The number of non-ortho nitro benzene ring substituents is 1. The lowest BCUT2D eigenvalue weighted by Crippen LogP contribution is -1.95. The molecule has 4 nitrogen and oxygen atoms in total. The maximum atomic E-state index is 10.4. The minimum absolute atomic E-state index is 0.0598. The Morgan fingerprint density at radius 3 is 2.93 bits per heavy atom. The summed E-state index contributed by atoms with van der Waals surface area (Å²) in [7, 11) is 0. The van der Waals surface area contributed by atoms with E-state index in [0.717, 1.165) is 0 Å². The second kappa shape index (κ2) is 5.00. The quantitative estimate of drug-likeness (QED) is 0.434. The van der Waals surface area contributed by atoms with Gasteiger partial charge >= 0.3 is 0 Å². The van der Waals surface area contributed by atoms with Gasteiger partial charge in [0.15, 0.2) is 0 Å². The van der Waals surface area contributed by atoms with Crippen molar-refractivity contribution in [1.82, 2.24) is 0 Å². The van der Waals surface area contributed by atoms with E-state index in [-0.39, 0.29) is 5.69 Å². The standard InChI is InChI=1S/C10H10N2O2/c11-7-2-1-4-9-5-3-6-10(8-9)12(13)14/h3,5-6,8H,2,7,11H2. The molecule has 0 atom stereocenters. The Bertz CT molecular complexity index is 391. The van der Waals surface area contributed by atoms with Gasteiger partial charge in [-0.2, -0.15) is 0 Å². The van der Waals surface area contributed by atoms with Crippen LogP contribution in [0.4, 0.5) is 5.69 Å². The third-order valence-electron chi connectivity index (χ3n) is 1.56. The largest absolute Gasteiger partial charge is 0.330 e. The van der Waals surface area contributed by atoms with Gasteiger partial charge in [0.1, 0.15) is 0 Å². The number of rotatable bonds is 2. The fourth-order valence-electron chi connectivity index (χ4n) is 0.934. The van der Waals surface area contributed by atoms with Crippen LogP contribution >= 0.6 is 0 Å². The van der Waals surface area contributed by atoms with Crippen LogP contribution in [-0.4, -0.2) is 11.5 Å². The smallest absolute Gasteiger partial charge is 0.270 e. The topological polar surface area (TPSA) is 69.2 Å². The van der Waals surface area contributed by atoms with E-state index in [2.05, 4.69) is 11.8 Å². The predicted octanol–water partition coefficient (Wildman–Crippen LogP) is 1.30. The third kappa shape index (κ3) is 2.88. The lowest BCUT2D eigenvalue weighted by atomic mass is 10.2. The zero-order chi connectivity index (χ0) is 10.4. The van der Waals surface area contributed by atoms with Gasteiger partial charge in [-0.05, 0) is 6.07 Å². The van der Waals surface area contributed by atoms with Gasteiger partial charge in [0.25, 0.3) is 5.69 Å². The lowest BCUT2D eigenvalue weighted by Gasteiger charge is -1.91. The molecular weight excluding hydrogens is 180 g/mol. The number of nitro groups is 1. The summed E-state index contributed by atoms with van der Waals surface area (Å²) in [5.74, 6) is 5.63. The van der Waals surface area contributed by atoms with Crippen LogP contribution in [0.3, 0.4) is 0 Å². The van der Waals surface area contributed by atoms with Crippen LogP contribution < -0.4 is 5.73 Å². The summed E-state index contributed by atoms with van der Waals surface area (Å²) in [4.78, 5) is 9.98. The van der Waals surface area contributed by atoms with Crippen molar-refractivity contribution in [2.75, 3.05) is 6.54 Å². The van der Waals surface area contributed by atoms with Crippen molar-refractivity contribution < 1.29 is 4.92 Å². The number of benzene rings is 1. The van der Waals surface area contributed by atoms with E-state index in [1.54, 1.807) is 12.1 Å². The first-order valence-electron chi connectivity index (χ1n) is 4.17. The van der Waals surface area contributed by atoms with Crippen LogP contribution in [0.25, 0.3) is 0 Å². The molecule has 2 N–H and O–H groups in total. The summed E-state index contributed by atoms with van der Waals surface area (Å²) < 4.78 is 0. The van der Waals surface area contributed by atoms with Gasteiger partial charge in [-0.1, -0.05) is 17.9 Å². The third-order valence-corrected chi connectivity index (χ3v) is 1.56. The highest BCUT2D eigenvalue weighted by Crippen LogP contribution is 2.11. The molecule has 1 aromatic rings. The molecule has 0 unspecified atom stereocenters. The van der Waals surface area contributed by atoms with Crippen molar-refractivity contribution in [3.05, 3.63) is 39.9 Å². The molecule has 0 heterocycles. The number of nitrogens with zero attached hydrogens (tertiary/aromatic N) is 1. The van der Waals surface area contributed by atoms with Crippen LogP contribution in [0.2, 0.25) is 0 Å². The SMILES string of the molecule is NCCC#Cc1cccc([N+](=O)[O-])c1. The Morgan fingerprint density at radius 1 is 1.50 bits per heavy atom. The average molecular weight is 190 g/mol. The van der Waals surface area contributed by atoms with Crippen molar-refractivity contribution >= 4 is 5.69 Å². The van der Waals surface area contributed by atoms with E-state index in [9.17, 15) is 10.1 Å². The van der Waals surface area contributed by atoms with Crippen LogP contribution in [0.1, 0.15) is 12.0 Å². The van der Waals surface area contributed by atoms with Gasteiger partial charge in [-0.3, -0.25) is 10.1 Å². The van der Waals surface area contributed by atoms with E-state index in [0.29, 0.717) is 18.5 Å². The minimum Gasteiger partial charge on any atom is -0.330 e. The second-order valence-corrected chi connectivity index (χ2v) is 2.65. The molecule has 0 saturated heterocycles. The lowest BCUT2D eigenvalue weighted by molar-refractivity contribution is -0.384. The predicted molar refractivity (Wildman–Crippen MR) is 53.6 cm³/mol. The minimum atomic E-state index is -0.436. The fourth-order valence-corrected chi connectivity index (χ4v) is 0.934. The molecule has 0 radical (unpaired) electrons. The number of hydrogen-bond donors (Lipinski definition) is 1. The Labute approximate surface area is 81.9 Å². The molecule has 0 amide bonds. The van der Waals surface area contributed by atoms with Crippen LogP contribution in [0.15, 0.2) is 24.3 Å². The molecule has 0 fully saturated rings. The first-order chi connectivity index (χ1) is 6.74. The fraction of sp³-hybridized carbons (Fsp3) is 0.200. The van der Waals surface area contributed by atoms with Crippen LogP contribution in [0, 0.1) is 22.0 Å². The van der Waals surface area contributed by atoms with Crippen molar-refractivity contribution in [3.8, 4) is 11.8 Å². The Kier molecular flexibility index (Phi) is 3.65. The zero-order valence-corrected chi connectivity index (χ0v) is 7.56. The first-order valence-corrected chi connectivity index (χ1v) is 4.17. The molecule has 4 heteroatoms. The molecule has 14 heavy (non-hydrogen) atoms. The molecule has 0 aliphatic rings. The van der Waals surface area contributed by atoms with Gasteiger partial charge in [-0.15, -0.1) is 0 Å². The van der Waals surface area contributed by atoms with Crippen molar-refractivity contribution in [2.45, 2.75) is 6.42 Å². The van der Waals surface area contributed by atoms with Crippen LogP contribution in [-0.2, 0) is 0 Å². The number of nitrogens with two attached hydrogens (primary N) is 1. The van der Waals surface area contributed by atoms with E-state index < -0.39 is 4.92 Å². The highest BCUT2D eigenvalue weighted by molar-refractivity contribution is 5.42. The molecule has 72 valence electrons. The van der Waals surface area contributed by atoms with Gasteiger partial charge < -0.3 is 5.73 Å². The molecule has 0 aliphatic carbocycles. The van der Waals surface area contributed by atoms with Gasteiger partial charge in [0.05, 0.1) is 4.92 Å². The molecule has 1 aromatic carbocycles. The molecule has 0 aliphatic heterocycles. The molecule has 0 aromatic heterocycles. The van der Waals surface area contributed by atoms with E-state index in [1.165, 1.54) is 12.1 Å². The Balaban J connectivity index is 2.85. The number of nitro benzene ring substituents is 1. The maximum Gasteiger partial charge on any atom is 0.270 e. The summed E-state index contributed by atoms with van der Waals surface area (Å²) >= 11 is 0. The summed E-state index contributed by atoms with van der Waals surface area (Å²) in [6.45, 7) is 0.502. The van der Waals surface area contributed by atoms with Gasteiger partial charge in [-0.25, -0.2) is 0 Å². The highest BCUT2D eigenvalue weighted by atomic mass is 16.6. The Hall–Kier alpha value is -1.86. The summed E-state index contributed by atoms with van der Waals surface area (Å²) in [6.07, 6.45) is 0.600. The summed E-state index contributed by atoms with van der Waals surface area (Å²) in [5.41, 5.74) is 5.97. The summed E-state index contributed by atoms with van der Waals surface area (Å²) in [6, 6.07) is 6.23. The van der Waals surface area contributed by atoms with E-state index >= 15 is 0 Å². The van der Waals surface area contributed by atoms with Crippen molar-refractivity contribution in [1.29, 1.82) is 0 Å². The molecule has 0 saturated carbocycles. The van der Waals surface area contributed by atoms with Gasteiger partial charge in [0, 0.05) is 30.7 Å². The maximum absolute atomic E-state index is 10.4. The first kappa shape index (κ1) is 10.2. The molecular formula is C10H10N2O2. The highest BCUT2D eigenvalue weighted by Gasteiger charge is 2.03. The average Bonchev–Trinajstić information content (AvgIpc) is 2.19. The second-order valence-electron chi connectivity index (χ2n) is 2.65. The van der Waals surface area contributed by atoms with E-state index in [4.69, 9.17) is 5.73 Å². The molecule has 0 spiro atoms. The van der Waals surface area contributed by atoms with Crippen molar-refractivity contribution in [3.63, 3.8) is 0 Å². The monoisotopic (exact) mass is 190 g/mol. The number of hydrogen-bond acceptors (Lipinski definition) is 3. The van der Waals surface area contributed by atoms with Crippen LogP contribution in [0.5, 0.6) is 0 Å². The normalized spacial score (nSPS) is 8.93. The van der Waals surface area contributed by atoms with E-state index in [1.807, 2.05) is 0 Å². The molecule has 1 rings (SSSR count).